The van der Waals surface area contributed by atoms with Gasteiger partial charge in [-0.2, -0.15) is 0 Å². The van der Waals surface area contributed by atoms with Crippen molar-refractivity contribution in [3.05, 3.63) is 0 Å². The van der Waals surface area contributed by atoms with Crippen LogP contribution in [0, 0.1) is 0 Å². The summed E-state index contributed by atoms with van der Waals surface area (Å²) in [6.07, 6.45) is -5.50. The SMILES string of the molecule is C[C@@H]1OC(CF)[C@@H](O)[C@H](O)[C@H]1O. The Morgan fingerprint density at radius 3 is 2.25 bits per heavy atom. The lowest BCUT2D eigenvalue weighted by molar-refractivity contribution is -0.219. The summed E-state index contributed by atoms with van der Waals surface area (Å²) < 4.78 is 17.0. The molecular formula is C7H13FO4. The first-order chi connectivity index (χ1) is 5.57. The van der Waals surface area contributed by atoms with Crippen molar-refractivity contribution in [1.29, 1.82) is 0 Å². The van der Waals surface area contributed by atoms with E-state index in [1.165, 1.54) is 6.92 Å². The molecule has 5 atom stereocenters. The first-order valence-electron chi connectivity index (χ1n) is 3.83. The van der Waals surface area contributed by atoms with Crippen LogP contribution in [-0.4, -0.2) is 52.5 Å². The van der Waals surface area contributed by atoms with Crippen LogP contribution in [0.5, 0.6) is 0 Å². The quantitative estimate of drug-likeness (QED) is 0.475. The maximum atomic E-state index is 12.1. The molecule has 1 rings (SSSR count). The van der Waals surface area contributed by atoms with Gasteiger partial charge >= 0.3 is 0 Å². The van der Waals surface area contributed by atoms with Gasteiger partial charge in [-0.25, -0.2) is 4.39 Å². The highest BCUT2D eigenvalue weighted by atomic mass is 19.1. The third kappa shape index (κ3) is 1.59. The van der Waals surface area contributed by atoms with Gasteiger partial charge in [0.15, 0.2) is 0 Å². The van der Waals surface area contributed by atoms with Gasteiger partial charge in [-0.3, -0.25) is 0 Å². The molecule has 72 valence electrons. The van der Waals surface area contributed by atoms with Crippen molar-refractivity contribution in [2.24, 2.45) is 0 Å². The van der Waals surface area contributed by atoms with Crippen molar-refractivity contribution in [3.8, 4) is 0 Å². The number of rotatable bonds is 1. The van der Waals surface area contributed by atoms with Crippen LogP contribution < -0.4 is 0 Å². The molecule has 1 aliphatic heterocycles. The molecule has 0 aromatic carbocycles. The highest BCUT2D eigenvalue weighted by molar-refractivity contribution is 4.90. The third-order valence-electron chi connectivity index (χ3n) is 2.10. The predicted molar refractivity (Wildman–Crippen MR) is 38.3 cm³/mol. The van der Waals surface area contributed by atoms with Crippen molar-refractivity contribution in [1.82, 2.24) is 0 Å². The van der Waals surface area contributed by atoms with E-state index in [0.717, 1.165) is 0 Å². The lowest BCUT2D eigenvalue weighted by Gasteiger charge is -2.38. The van der Waals surface area contributed by atoms with Crippen LogP contribution in [0.15, 0.2) is 0 Å². The lowest BCUT2D eigenvalue weighted by atomic mass is 9.96. The molecule has 0 aromatic rings. The maximum Gasteiger partial charge on any atom is 0.118 e. The number of halogens is 1. The van der Waals surface area contributed by atoms with Crippen LogP contribution in [0.4, 0.5) is 4.39 Å². The molecule has 0 aromatic heterocycles. The van der Waals surface area contributed by atoms with E-state index in [4.69, 9.17) is 9.84 Å². The summed E-state index contributed by atoms with van der Waals surface area (Å²) in [6, 6.07) is 0. The molecule has 1 heterocycles. The van der Waals surface area contributed by atoms with Crippen LogP contribution in [0.25, 0.3) is 0 Å². The number of alkyl halides is 1. The van der Waals surface area contributed by atoms with Gasteiger partial charge in [-0.1, -0.05) is 0 Å². The van der Waals surface area contributed by atoms with Crippen molar-refractivity contribution < 1.29 is 24.4 Å². The summed E-state index contributed by atoms with van der Waals surface area (Å²) in [6.45, 7) is 0.651. The summed E-state index contributed by atoms with van der Waals surface area (Å²) in [5, 5.41) is 27.5. The largest absolute Gasteiger partial charge is 0.388 e. The monoisotopic (exact) mass is 180 g/mol. The second kappa shape index (κ2) is 3.66. The molecule has 0 bridgehead atoms. The zero-order valence-corrected chi connectivity index (χ0v) is 6.72. The fourth-order valence-corrected chi connectivity index (χ4v) is 1.26. The first kappa shape index (κ1) is 9.85. The minimum absolute atomic E-state index is 0.649. The molecule has 0 amide bonds. The predicted octanol–water partition coefficient (Wildman–Crippen LogP) is -1.17. The average Bonchev–Trinajstić information content (AvgIpc) is 2.08. The number of hydrogen-bond acceptors (Lipinski definition) is 4. The number of aliphatic hydroxyl groups excluding tert-OH is 3. The van der Waals surface area contributed by atoms with E-state index < -0.39 is 37.2 Å². The molecule has 5 heteroatoms. The molecule has 0 aliphatic carbocycles. The second-order valence-corrected chi connectivity index (χ2v) is 3.01. The first-order valence-corrected chi connectivity index (χ1v) is 3.83. The number of aliphatic hydroxyl groups is 3. The Kier molecular flexibility index (Phi) is 3.00. The Balaban J connectivity index is 2.63. The van der Waals surface area contributed by atoms with E-state index in [1.54, 1.807) is 0 Å². The van der Waals surface area contributed by atoms with Crippen LogP contribution >= 0.6 is 0 Å². The second-order valence-electron chi connectivity index (χ2n) is 3.01. The Labute approximate surface area is 69.6 Å². The summed E-state index contributed by atoms with van der Waals surface area (Å²) in [5.41, 5.74) is 0. The molecule has 1 fully saturated rings. The van der Waals surface area contributed by atoms with Gasteiger partial charge in [0.2, 0.25) is 0 Å². The van der Waals surface area contributed by atoms with E-state index in [9.17, 15) is 14.6 Å². The van der Waals surface area contributed by atoms with E-state index >= 15 is 0 Å². The van der Waals surface area contributed by atoms with E-state index in [0.29, 0.717) is 0 Å². The van der Waals surface area contributed by atoms with Gasteiger partial charge < -0.3 is 20.1 Å². The molecule has 4 nitrogen and oxygen atoms in total. The van der Waals surface area contributed by atoms with Gasteiger partial charge in [0, 0.05) is 0 Å². The smallest absolute Gasteiger partial charge is 0.118 e. The van der Waals surface area contributed by atoms with Crippen LogP contribution in [0.1, 0.15) is 6.92 Å². The molecule has 0 saturated carbocycles. The molecule has 12 heavy (non-hydrogen) atoms. The lowest BCUT2D eigenvalue weighted by Crippen LogP contribution is -2.57. The molecule has 1 aliphatic rings. The van der Waals surface area contributed by atoms with E-state index in [-0.39, 0.29) is 0 Å². The normalized spacial score (nSPS) is 49.2. The van der Waals surface area contributed by atoms with E-state index in [2.05, 4.69) is 0 Å². The van der Waals surface area contributed by atoms with Gasteiger partial charge in [-0.05, 0) is 6.92 Å². The number of hydrogen-bond donors (Lipinski definition) is 3. The molecule has 1 unspecified atom stereocenters. The molecule has 0 radical (unpaired) electrons. The van der Waals surface area contributed by atoms with Crippen molar-refractivity contribution >= 4 is 0 Å². The van der Waals surface area contributed by atoms with Crippen molar-refractivity contribution in [2.45, 2.75) is 37.4 Å². The zero-order valence-electron chi connectivity index (χ0n) is 6.72. The average molecular weight is 180 g/mol. The third-order valence-corrected chi connectivity index (χ3v) is 2.10. The Bertz CT molecular complexity index is 150. The summed E-state index contributed by atoms with van der Waals surface area (Å²) in [4.78, 5) is 0. The Morgan fingerprint density at radius 2 is 1.75 bits per heavy atom. The maximum absolute atomic E-state index is 12.1. The van der Waals surface area contributed by atoms with Crippen LogP contribution in [0.2, 0.25) is 0 Å². The minimum Gasteiger partial charge on any atom is -0.388 e. The number of ether oxygens (including phenoxy) is 1. The summed E-state index contributed by atoms with van der Waals surface area (Å²) in [5.74, 6) is 0. The fraction of sp³-hybridized carbons (Fsp3) is 1.00. The summed E-state index contributed by atoms with van der Waals surface area (Å²) in [7, 11) is 0. The molecular weight excluding hydrogens is 167 g/mol. The zero-order chi connectivity index (χ0) is 9.30. The van der Waals surface area contributed by atoms with E-state index in [1.807, 2.05) is 0 Å². The van der Waals surface area contributed by atoms with Gasteiger partial charge in [0.05, 0.1) is 6.10 Å². The Hall–Kier alpha value is -0.230. The highest BCUT2D eigenvalue weighted by Gasteiger charge is 2.41. The van der Waals surface area contributed by atoms with Gasteiger partial charge in [0.1, 0.15) is 31.1 Å². The van der Waals surface area contributed by atoms with Gasteiger partial charge in [0.25, 0.3) is 0 Å². The van der Waals surface area contributed by atoms with Crippen LogP contribution in [-0.2, 0) is 4.74 Å². The molecule has 0 spiro atoms. The topological polar surface area (TPSA) is 69.9 Å². The van der Waals surface area contributed by atoms with Crippen LogP contribution in [0.3, 0.4) is 0 Å². The fourth-order valence-electron chi connectivity index (χ4n) is 1.26. The summed E-state index contributed by atoms with van der Waals surface area (Å²) >= 11 is 0. The van der Waals surface area contributed by atoms with Gasteiger partial charge in [-0.15, -0.1) is 0 Å². The highest BCUT2D eigenvalue weighted by Crippen LogP contribution is 2.20. The standard InChI is InChI=1S/C7H13FO4/c1-3-5(9)7(11)6(10)4(2-8)12-3/h3-7,9-11H,2H2,1H3/t3-,4?,5-,6+,7+/m0/s1. The molecule has 3 N–H and O–H groups in total. The van der Waals surface area contributed by atoms with Crippen molar-refractivity contribution in [3.63, 3.8) is 0 Å². The minimum atomic E-state index is -1.35. The molecule has 1 saturated heterocycles. The van der Waals surface area contributed by atoms with Crippen molar-refractivity contribution in [2.75, 3.05) is 6.67 Å². The Morgan fingerprint density at radius 1 is 1.17 bits per heavy atom.